The minimum absolute atomic E-state index is 0.0118. The number of quaternary nitrogens is 1. The van der Waals surface area contributed by atoms with Gasteiger partial charge in [0.25, 0.3) is 0 Å². The Morgan fingerprint density at radius 2 is 1.91 bits per heavy atom. The quantitative estimate of drug-likeness (QED) is 0.329. The van der Waals surface area contributed by atoms with Crippen LogP contribution in [0.15, 0.2) is 0 Å². The number of rotatable bonds is 10. The Kier molecular flexibility index (Phi) is 7.97. The van der Waals surface area contributed by atoms with E-state index in [9.17, 15) is 22.9 Å². The summed E-state index contributed by atoms with van der Waals surface area (Å²) in [5.74, 6) is -0.756. The van der Waals surface area contributed by atoms with Crippen molar-refractivity contribution in [3.63, 3.8) is 0 Å². The van der Waals surface area contributed by atoms with E-state index in [-0.39, 0.29) is 17.9 Å². The van der Waals surface area contributed by atoms with Gasteiger partial charge in [-0.15, -0.1) is 0 Å². The molecule has 0 bridgehead atoms. The molecule has 0 aromatic carbocycles. The van der Waals surface area contributed by atoms with Crippen LogP contribution >= 0.6 is 0 Å². The molecule has 0 aromatic heterocycles. The minimum Gasteiger partial charge on any atom is -0.748 e. The summed E-state index contributed by atoms with van der Waals surface area (Å²) in [4.78, 5) is 11.9. The number of likely N-dealkylation sites (N-methyl/N-ethyl adjacent to an activating group) is 1. The van der Waals surface area contributed by atoms with Gasteiger partial charge in [-0.25, -0.2) is 8.42 Å². The molecule has 0 aromatic rings. The fraction of sp³-hybridized carbons (Fsp3) is 0.929. The summed E-state index contributed by atoms with van der Waals surface area (Å²) in [7, 11) is -0.727. The molecule has 0 aliphatic heterocycles. The molecular formula is C14H30N2O5S. The maximum atomic E-state index is 11.9. The molecule has 0 saturated carbocycles. The SMILES string of the molecule is CCC(C)(C)C(=O)NCCC[N+](C)(C)CC(O)CS(=O)(=O)[O-]. The average Bonchev–Trinajstić information content (AvgIpc) is 2.30. The molecule has 22 heavy (non-hydrogen) atoms. The fourth-order valence-corrected chi connectivity index (χ4v) is 2.64. The van der Waals surface area contributed by atoms with Crippen molar-refractivity contribution in [2.24, 2.45) is 5.41 Å². The topological polar surface area (TPSA) is 107 Å². The lowest BCUT2D eigenvalue weighted by Gasteiger charge is -2.32. The van der Waals surface area contributed by atoms with E-state index >= 15 is 0 Å². The van der Waals surface area contributed by atoms with E-state index in [1.54, 1.807) is 0 Å². The summed E-state index contributed by atoms with van der Waals surface area (Å²) in [6, 6.07) is 0. The number of hydrogen-bond donors (Lipinski definition) is 2. The Balaban J connectivity index is 4.16. The van der Waals surface area contributed by atoms with Gasteiger partial charge in [0.2, 0.25) is 5.91 Å². The third-order valence-electron chi connectivity index (χ3n) is 3.83. The van der Waals surface area contributed by atoms with Crippen molar-refractivity contribution in [2.75, 3.05) is 39.5 Å². The van der Waals surface area contributed by atoms with E-state index in [1.807, 2.05) is 34.9 Å². The van der Waals surface area contributed by atoms with Crippen molar-refractivity contribution in [1.82, 2.24) is 5.32 Å². The molecule has 0 rings (SSSR count). The number of amides is 1. The predicted molar refractivity (Wildman–Crippen MR) is 84.1 cm³/mol. The third-order valence-corrected chi connectivity index (χ3v) is 4.62. The largest absolute Gasteiger partial charge is 0.748 e. The first-order valence-electron chi connectivity index (χ1n) is 7.51. The molecule has 1 amide bonds. The zero-order valence-corrected chi connectivity index (χ0v) is 15.1. The Morgan fingerprint density at radius 1 is 1.36 bits per heavy atom. The maximum absolute atomic E-state index is 11.9. The van der Waals surface area contributed by atoms with E-state index in [1.165, 1.54) is 0 Å². The normalized spacial score (nSPS) is 14.7. The second-order valence-electron chi connectivity index (χ2n) is 7.07. The number of aliphatic hydroxyl groups excluding tert-OH is 1. The lowest BCUT2D eigenvalue weighted by Crippen LogP contribution is -2.48. The van der Waals surface area contributed by atoms with Crippen LogP contribution in [0.25, 0.3) is 0 Å². The Labute approximate surface area is 134 Å². The minimum atomic E-state index is -4.42. The molecule has 0 radical (unpaired) electrons. The van der Waals surface area contributed by atoms with Crippen molar-refractivity contribution >= 4 is 16.0 Å². The molecular weight excluding hydrogens is 308 g/mol. The van der Waals surface area contributed by atoms with E-state index in [4.69, 9.17) is 0 Å². The summed E-state index contributed by atoms with van der Waals surface area (Å²) >= 11 is 0. The lowest BCUT2D eigenvalue weighted by atomic mass is 9.89. The van der Waals surface area contributed by atoms with Gasteiger partial charge in [0, 0.05) is 18.4 Å². The molecule has 0 aliphatic carbocycles. The second kappa shape index (κ2) is 8.24. The number of aliphatic hydroxyl groups is 1. The monoisotopic (exact) mass is 338 g/mol. The number of carbonyl (C=O) groups is 1. The summed E-state index contributed by atoms with van der Waals surface area (Å²) in [5.41, 5.74) is -0.386. The zero-order valence-electron chi connectivity index (χ0n) is 14.3. The highest BCUT2D eigenvalue weighted by Crippen LogP contribution is 2.19. The smallest absolute Gasteiger partial charge is 0.225 e. The number of nitrogens with zero attached hydrogens (tertiary/aromatic N) is 1. The summed E-state index contributed by atoms with van der Waals surface area (Å²) < 4.78 is 32.2. The molecule has 0 spiro atoms. The van der Waals surface area contributed by atoms with Crippen LogP contribution in [0.5, 0.6) is 0 Å². The van der Waals surface area contributed by atoms with Crippen molar-refractivity contribution < 1.29 is 27.4 Å². The zero-order chi connectivity index (χ0) is 17.6. The molecule has 0 aliphatic rings. The van der Waals surface area contributed by atoms with Gasteiger partial charge in [-0.3, -0.25) is 4.79 Å². The van der Waals surface area contributed by atoms with Crippen molar-refractivity contribution in [2.45, 2.75) is 39.7 Å². The number of carbonyl (C=O) groups excluding carboxylic acids is 1. The molecule has 0 saturated heterocycles. The maximum Gasteiger partial charge on any atom is 0.225 e. The van der Waals surface area contributed by atoms with Crippen LogP contribution in [-0.2, 0) is 14.9 Å². The number of nitrogens with one attached hydrogen (secondary N) is 1. The first kappa shape index (κ1) is 21.3. The van der Waals surface area contributed by atoms with Crippen LogP contribution in [-0.4, -0.2) is 74.1 Å². The van der Waals surface area contributed by atoms with Gasteiger partial charge < -0.3 is 19.5 Å². The summed E-state index contributed by atoms with van der Waals surface area (Å²) in [6.07, 6.45) is 0.289. The molecule has 2 N–H and O–H groups in total. The van der Waals surface area contributed by atoms with E-state index < -0.39 is 22.0 Å². The highest BCUT2D eigenvalue weighted by Gasteiger charge is 2.25. The van der Waals surface area contributed by atoms with Crippen LogP contribution in [0.3, 0.4) is 0 Å². The molecule has 1 atom stereocenters. The van der Waals surface area contributed by atoms with Gasteiger partial charge in [-0.1, -0.05) is 20.8 Å². The molecule has 132 valence electrons. The Morgan fingerprint density at radius 3 is 2.36 bits per heavy atom. The van der Waals surface area contributed by atoms with Gasteiger partial charge in [0.15, 0.2) is 0 Å². The summed E-state index contributed by atoms with van der Waals surface area (Å²) in [6.45, 7) is 7.10. The van der Waals surface area contributed by atoms with E-state index in [0.717, 1.165) is 6.42 Å². The van der Waals surface area contributed by atoms with Crippen molar-refractivity contribution in [3.8, 4) is 0 Å². The van der Waals surface area contributed by atoms with Gasteiger partial charge >= 0.3 is 0 Å². The van der Waals surface area contributed by atoms with E-state index in [2.05, 4.69) is 5.32 Å². The highest BCUT2D eigenvalue weighted by molar-refractivity contribution is 7.85. The predicted octanol–water partition coefficient (Wildman–Crippen LogP) is -0.0886. The molecule has 8 heteroatoms. The van der Waals surface area contributed by atoms with Crippen LogP contribution < -0.4 is 5.32 Å². The van der Waals surface area contributed by atoms with Gasteiger partial charge in [0.05, 0.1) is 36.5 Å². The highest BCUT2D eigenvalue weighted by atomic mass is 32.2. The molecule has 0 fully saturated rings. The third kappa shape index (κ3) is 9.34. The summed E-state index contributed by atoms with van der Waals surface area (Å²) in [5, 5.41) is 12.5. The van der Waals surface area contributed by atoms with Gasteiger partial charge in [-0.2, -0.15) is 0 Å². The van der Waals surface area contributed by atoms with Crippen LogP contribution in [0.4, 0.5) is 0 Å². The first-order chi connectivity index (χ1) is 9.79. The van der Waals surface area contributed by atoms with Gasteiger partial charge in [-0.05, 0) is 6.42 Å². The Hall–Kier alpha value is -0.700. The van der Waals surface area contributed by atoms with Crippen LogP contribution in [0.1, 0.15) is 33.6 Å². The number of hydrogen-bond acceptors (Lipinski definition) is 5. The van der Waals surface area contributed by atoms with Crippen molar-refractivity contribution in [3.05, 3.63) is 0 Å². The standard InChI is InChI=1S/C14H30N2O5S/c1-6-14(2,3)13(18)15-8-7-9-16(4,5)10-12(17)11-22(19,20)21/h12,17H,6-11H2,1-5H3,(H-,15,18,19,20,21). The fourth-order valence-electron chi connectivity index (χ4n) is 2.06. The molecule has 0 heterocycles. The van der Waals surface area contributed by atoms with Crippen LogP contribution in [0.2, 0.25) is 0 Å². The van der Waals surface area contributed by atoms with Crippen molar-refractivity contribution in [1.29, 1.82) is 0 Å². The first-order valence-corrected chi connectivity index (χ1v) is 9.09. The Bertz CT molecular complexity index is 460. The van der Waals surface area contributed by atoms with Crippen LogP contribution in [0, 0.1) is 5.41 Å². The molecule has 1 unspecified atom stereocenters. The second-order valence-corrected chi connectivity index (χ2v) is 8.52. The average molecular weight is 338 g/mol. The van der Waals surface area contributed by atoms with E-state index in [0.29, 0.717) is 24.0 Å². The molecule has 7 nitrogen and oxygen atoms in total. The lowest BCUT2D eigenvalue weighted by molar-refractivity contribution is -0.893. The van der Waals surface area contributed by atoms with Gasteiger partial charge in [0.1, 0.15) is 12.6 Å².